The highest BCUT2D eigenvalue weighted by Gasteiger charge is 2.70. The molecular weight excluding hydrogens is 383 g/mol. The van der Waals surface area contributed by atoms with Gasteiger partial charge in [0.05, 0.1) is 11.0 Å². The van der Waals surface area contributed by atoms with Gasteiger partial charge in [-0.25, -0.2) is 4.39 Å². The molecule has 1 unspecified atom stereocenters. The van der Waals surface area contributed by atoms with Crippen LogP contribution in [0.5, 0.6) is 0 Å². The van der Waals surface area contributed by atoms with Crippen LogP contribution in [0.3, 0.4) is 0 Å². The molecule has 0 amide bonds. The van der Waals surface area contributed by atoms with E-state index in [1.54, 1.807) is 13.0 Å². The molecule has 0 spiro atoms. The van der Waals surface area contributed by atoms with E-state index in [4.69, 9.17) is 11.6 Å². The summed E-state index contributed by atoms with van der Waals surface area (Å²) in [5.74, 6) is -1.05. The Morgan fingerprint density at radius 3 is 2.64 bits per heavy atom. The van der Waals surface area contributed by atoms with Crippen molar-refractivity contribution < 1.29 is 24.2 Å². The van der Waals surface area contributed by atoms with Crippen LogP contribution in [0.25, 0.3) is 0 Å². The number of hydrogen-bond acceptors (Lipinski definition) is 4. The highest BCUT2D eigenvalue weighted by Crippen LogP contribution is 2.70. The van der Waals surface area contributed by atoms with Crippen LogP contribution >= 0.6 is 11.6 Å². The number of rotatable bonds is 1. The van der Waals surface area contributed by atoms with Crippen LogP contribution in [-0.4, -0.2) is 39.4 Å². The van der Waals surface area contributed by atoms with Crippen LogP contribution in [0, 0.1) is 28.6 Å². The molecule has 0 aromatic rings. The lowest BCUT2D eigenvalue weighted by Gasteiger charge is -2.63. The second-order valence-corrected chi connectivity index (χ2v) is 10.0. The van der Waals surface area contributed by atoms with Crippen LogP contribution in [0.1, 0.15) is 40.0 Å². The number of carbonyl (C=O) groups excluding carboxylic acids is 2. The number of alkyl halides is 2. The summed E-state index contributed by atoms with van der Waals surface area (Å²) in [6.07, 6.45) is 3.58. The van der Waals surface area contributed by atoms with Crippen molar-refractivity contribution in [3.8, 4) is 0 Å². The van der Waals surface area contributed by atoms with Gasteiger partial charge in [0, 0.05) is 5.41 Å². The van der Waals surface area contributed by atoms with Gasteiger partial charge in [0.2, 0.25) is 0 Å². The van der Waals surface area contributed by atoms with Crippen LogP contribution in [0.4, 0.5) is 4.39 Å². The number of ketones is 1. The lowest BCUT2D eigenvalue weighted by atomic mass is 9.46. The predicted molar refractivity (Wildman–Crippen MR) is 104 cm³/mol. The Bertz CT molecular complexity index is 847. The number of hydrogen-bond donors (Lipinski definition) is 2. The van der Waals surface area contributed by atoms with Crippen LogP contribution in [-0.2, 0) is 9.59 Å². The molecule has 4 aliphatic rings. The standard InChI is InChI=1S/C22H26ClFO4/c1-11-6-13-14-8-16(24)15-7-12(26)4-5-21(15,3)22(14,23)18(28)9-20(13,2)19(11)17(27)10-25/h4-5,7,10-11,13-14,16,18,27-28H,6,8-9H2,1-3H3/b19-17+/t11-,13+,14+,16+,18?,20+,21+,22+/m1/s1. The molecule has 4 rings (SSSR count). The molecule has 0 aliphatic heterocycles. The highest BCUT2D eigenvalue weighted by molar-refractivity contribution is 6.26. The lowest BCUT2D eigenvalue weighted by Crippen LogP contribution is -2.67. The van der Waals surface area contributed by atoms with E-state index in [1.165, 1.54) is 12.2 Å². The number of aliphatic hydroxyl groups excluding tert-OH is 2. The Balaban J connectivity index is 1.88. The van der Waals surface area contributed by atoms with Gasteiger partial charge < -0.3 is 10.2 Å². The van der Waals surface area contributed by atoms with Gasteiger partial charge in [0.25, 0.3) is 0 Å². The van der Waals surface area contributed by atoms with Gasteiger partial charge in [-0.3, -0.25) is 9.59 Å². The molecule has 8 atom stereocenters. The Morgan fingerprint density at radius 1 is 1.32 bits per heavy atom. The number of carbonyl (C=O) groups is 2. The predicted octanol–water partition coefficient (Wildman–Crippen LogP) is 3.83. The van der Waals surface area contributed by atoms with Crippen molar-refractivity contribution in [2.75, 3.05) is 0 Å². The zero-order valence-electron chi connectivity index (χ0n) is 16.3. The second kappa shape index (κ2) is 6.02. The Morgan fingerprint density at radius 2 is 2.00 bits per heavy atom. The quantitative estimate of drug-likeness (QED) is 0.299. The summed E-state index contributed by atoms with van der Waals surface area (Å²) in [4.78, 5) is 22.0. The average molecular weight is 409 g/mol. The minimum Gasteiger partial charge on any atom is -0.505 e. The largest absolute Gasteiger partial charge is 0.505 e. The molecule has 28 heavy (non-hydrogen) atoms. The lowest BCUT2D eigenvalue weighted by molar-refractivity contribution is -0.112. The van der Waals surface area contributed by atoms with Crippen molar-refractivity contribution in [3.63, 3.8) is 0 Å². The SMILES string of the molecule is C[C@@H]1C[C@H]2[C@@H]3C[C@H](F)C4=CC(=O)C=C[C@]4(C)[C@@]3(Cl)C(O)C[C@]2(C)/C1=C(/O)C=O. The number of aldehydes is 1. The molecule has 6 heteroatoms. The summed E-state index contributed by atoms with van der Waals surface area (Å²) in [6, 6.07) is 0. The van der Waals surface area contributed by atoms with E-state index < -0.39 is 28.0 Å². The first-order valence-electron chi connectivity index (χ1n) is 9.85. The number of aliphatic hydroxyl groups is 2. The molecule has 0 bridgehead atoms. The van der Waals surface area contributed by atoms with E-state index in [0.717, 1.165) is 0 Å². The van der Waals surface area contributed by atoms with Crippen LogP contribution in [0.2, 0.25) is 0 Å². The van der Waals surface area contributed by atoms with Crippen molar-refractivity contribution in [2.45, 2.75) is 57.2 Å². The van der Waals surface area contributed by atoms with E-state index in [-0.39, 0.29) is 42.1 Å². The van der Waals surface area contributed by atoms with Gasteiger partial charge >= 0.3 is 0 Å². The maximum absolute atomic E-state index is 15.3. The monoisotopic (exact) mass is 408 g/mol. The molecule has 0 aromatic heterocycles. The molecule has 0 saturated heterocycles. The van der Waals surface area contributed by atoms with Crippen molar-refractivity contribution in [1.29, 1.82) is 0 Å². The molecule has 3 fully saturated rings. The van der Waals surface area contributed by atoms with Gasteiger partial charge in [-0.05, 0) is 65.7 Å². The van der Waals surface area contributed by atoms with Crippen LogP contribution < -0.4 is 0 Å². The molecule has 2 N–H and O–H groups in total. The van der Waals surface area contributed by atoms with Crippen LogP contribution in [0.15, 0.2) is 35.1 Å². The van der Waals surface area contributed by atoms with E-state index in [9.17, 15) is 19.8 Å². The van der Waals surface area contributed by atoms with Gasteiger partial charge in [-0.15, -0.1) is 11.6 Å². The summed E-state index contributed by atoms with van der Waals surface area (Å²) < 4.78 is 15.3. The van der Waals surface area contributed by atoms with Crippen molar-refractivity contribution in [3.05, 3.63) is 35.1 Å². The molecule has 4 nitrogen and oxygen atoms in total. The van der Waals surface area contributed by atoms with Crippen molar-refractivity contribution >= 4 is 23.7 Å². The summed E-state index contributed by atoms with van der Waals surface area (Å²) >= 11 is 7.22. The summed E-state index contributed by atoms with van der Waals surface area (Å²) in [6.45, 7) is 5.69. The Labute approximate surface area is 169 Å². The van der Waals surface area contributed by atoms with Crippen molar-refractivity contribution in [1.82, 2.24) is 0 Å². The van der Waals surface area contributed by atoms with Gasteiger partial charge in [0.1, 0.15) is 6.17 Å². The third-order valence-corrected chi connectivity index (χ3v) is 9.05. The average Bonchev–Trinajstić information content (AvgIpc) is 2.89. The Hall–Kier alpha value is -1.46. The highest BCUT2D eigenvalue weighted by atomic mass is 35.5. The molecule has 0 heterocycles. The minimum absolute atomic E-state index is 0.0577. The van der Waals surface area contributed by atoms with Gasteiger partial charge in [-0.2, -0.15) is 0 Å². The minimum atomic E-state index is -1.33. The first kappa shape index (κ1) is 19.8. The molecule has 0 radical (unpaired) electrons. The zero-order chi connectivity index (χ0) is 20.6. The third-order valence-electron chi connectivity index (χ3n) is 8.12. The fourth-order valence-electron chi connectivity index (χ4n) is 6.97. The van der Waals surface area contributed by atoms with E-state index in [2.05, 4.69) is 0 Å². The maximum Gasteiger partial charge on any atom is 0.184 e. The number of halogens is 2. The van der Waals surface area contributed by atoms with Gasteiger partial charge in [-0.1, -0.05) is 26.8 Å². The fourth-order valence-corrected chi connectivity index (χ4v) is 7.46. The normalized spacial score (nSPS) is 51.7. The smallest absolute Gasteiger partial charge is 0.184 e. The maximum atomic E-state index is 15.3. The summed E-state index contributed by atoms with van der Waals surface area (Å²) in [5.41, 5.74) is -0.625. The molecule has 152 valence electrons. The van der Waals surface area contributed by atoms with E-state index in [1.807, 2.05) is 13.8 Å². The van der Waals surface area contributed by atoms with E-state index in [0.29, 0.717) is 23.9 Å². The van der Waals surface area contributed by atoms with Crippen molar-refractivity contribution in [2.24, 2.45) is 28.6 Å². The second-order valence-electron chi connectivity index (χ2n) is 9.41. The number of allylic oxidation sites excluding steroid dienone is 6. The van der Waals surface area contributed by atoms with Gasteiger partial charge in [0.15, 0.2) is 17.8 Å². The fraction of sp³-hybridized carbons (Fsp3) is 0.636. The Kier molecular flexibility index (Phi) is 4.27. The molecule has 4 aliphatic carbocycles. The zero-order valence-corrected chi connectivity index (χ0v) is 17.0. The molecule has 0 aromatic carbocycles. The third kappa shape index (κ3) is 2.20. The summed E-state index contributed by atoms with van der Waals surface area (Å²) in [5, 5.41) is 21.6. The topological polar surface area (TPSA) is 74.6 Å². The first-order valence-corrected chi connectivity index (χ1v) is 10.2. The molecular formula is C22H26ClFO4. The van der Waals surface area contributed by atoms with E-state index >= 15 is 4.39 Å². The first-order chi connectivity index (χ1) is 13.0. The summed E-state index contributed by atoms with van der Waals surface area (Å²) in [7, 11) is 0. The number of fused-ring (bicyclic) bond motifs is 5. The molecule has 3 saturated carbocycles.